The van der Waals surface area contributed by atoms with Crippen LogP contribution in [0.4, 0.5) is 0 Å². The third-order valence-corrected chi connectivity index (χ3v) is 10.7. The van der Waals surface area contributed by atoms with E-state index in [1.807, 2.05) is 0 Å². The van der Waals surface area contributed by atoms with Crippen LogP contribution >= 0.6 is 0 Å². The molecule has 0 bridgehead atoms. The SMILES string of the molecule is C=C1CC[C@H]2C(C)(C)CCC[C@]2(C)/C1=C/CC1=C(C)CC[C@@]2(C(=O)OC)CCC(C)(C)C[C@@H]12. The first kappa shape index (κ1) is 24.8. The van der Waals surface area contributed by atoms with E-state index in [0.717, 1.165) is 50.9 Å². The molecule has 0 heterocycles. The van der Waals surface area contributed by atoms with Gasteiger partial charge in [-0.2, -0.15) is 0 Å². The van der Waals surface area contributed by atoms with Crippen LogP contribution in [0.3, 0.4) is 0 Å². The number of hydrogen-bond acceptors (Lipinski definition) is 2. The van der Waals surface area contributed by atoms with Gasteiger partial charge in [0.1, 0.15) is 0 Å². The minimum absolute atomic E-state index is 0.0313. The number of fused-ring (bicyclic) bond motifs is 2. The van der Waals surface area contributed by atoms with Crippen LogP contribution in [0, 0.1) is 33.5 Å². The quantitative estimate of drug-likeness (QED) is 0.316. The summed E-state index contributed by atoms with van der Waals surface area (Å²) in [5.41, 5.74) is 6.55. The molecule has 4 rings (SSSR count). The van der Waals surface area contributed by atoms with E-state index in [4.69, 9.17) is 4.74 Å². The Morgan fingerprint density at radius 3 is 2.48 bits per heavy atom. The van der Waals surface area contributed by atoms with Gasteiger partial charge >= 0.3 is 5.97 Å². The fourth-order valence-electron chi connectivity index (χ4n) is 8.68. The summed E-state index contributed by atoms with van der Waals surface area (Å²) in [6, 6.07) is 0. The Kier molecular flexibility index (Phi) is 6.33. The lowest BCUT2D eigenvalue weighted by Crippen LogP contribution is -2.48. The normalized spacial score (nSPS) is 39.1. The highest BCUT2D eigenvalue weighted by atomic mass is 16.5. The number of carbonyl (C=O) groups is 1. The molecule has 0 aliphatic heterocycles. The van der Waals surface area contributed by atoms with Crippen molar-refractivity contribution in [1.82, 2.24) is 0 Å². The van der Waals surface area contributed by atoms with Crippen LogP contribution in [-0.2, 0) is 9.53 Å². The number of esters is 1. The van der Waals surface area contributed by atoms with Crippen molar-refractivity contribution in [1.29, 1.82) is 0 Å². The van der Waals surface area contributed by atoms with Gasteiger partial charge in [0.2, 0.25) is 0 Å². The Hall–Kier alpha value is -1.31. The molecule has 0 saturated heterocycles. The van der Waals surface area contributed by atoms with Crippen LogP contribution in [-0.4, -0.2) is 13.1 Å². The van der Waals surface area contributed by atoms with Crippen LogP contribution in [0.5, 0.6) is 0 Å². The van der Waals surface area contributed by atoms with E-state index in [-0.39, 0.29) is 22.2 Å². The van der Waals surface area contributed by atoms with Gasteiger partial charge in [-0.25, -0.2) is 0 Å². The minimum Gasteiger partial charge on any atom is -0.469 e. The van der Waals surface area contributed by atoms with Gasteiger partial charge in [0, 0.05) is 0 Å². The van der Waals surface area contributed by atoms with Gasteiger partial charge in [-0.1, -0.05) is 70.4 Å². The zero-order chi connectivity index (χ0) is 24.2. The third-order valence-electron chi connectivity index (χ3n) is 10.7. The molecule has 0 aromatic rings. The second-order valence-electron chi connectivity index (χ2n) is 13.7. The van der Waals surface area contributed by atoms with Crippen molar-refractivity contribution in [3.8, 4) is 0 Å². The van der Waals surface area contributed by atoms with E-state index < -0.39 is 0 Å². The number of rotatable bonds is 3. The minimum atomic E-state index is -0.319. The molecule has 3 fully saturated rings. The van der Waals surface area contributed by atoms with Gasteiger partial charge < -0.3 is 4.74 Å². The van der Waals surface area contributed by atoms with Crippen LogP contribution in [0.1, 0.15) is 112 Å². The number of hydrogen-bond donors (Lipinski definition) is 0. The average Bonchev–Trinajstić information content (AvgIpc) is 2.73. The summed E-state index contributed by atoms with van der Waals surface area (Å²) in [5.74, 6) is 1.08. The molecular formula is C31H48O2. The van der Waals surface area contributed by atoms with Crippen LogP contribution in [0.25, 0.3) is 0 Å². The van der Waals surface area contributed by atoms with Crippen molar-refractivity contribution in [2.75, 3.05) is 7.11 Å². The highest BCUT2D eigenvalue weighted by Gasteiger charge is 2.55. The van der Waals surface area contributed by atoms with E-state index in [2.05, 4.69) is 54.2 Å². The molecule has 4 aliphatic carbocycles. The molecule has 0 aromatic carbocycles. The molecule has 33 heavy (non-hydrogen) atoms. The molecule has 0 amide bonds. The molecule has 0 aromatic heterocycles. The molecule has 3 saturated carbocycles. The van der Waals surface area contributed by atoms with Crippen molar-refractivity contribution < 1.29 is 9.53 Å². The first-order chi connectivity index (χ1) is 15.4. The summed E-state index contributed by atoms with van der Waals surface area (Å²) in [6.45, 7) is 19.2. The topological polar surface area (TPSA) is 26.3 Å². The Morgan fingerprint density at radius 1 is 1.06 bits per heavy atom. The Labute approximate surface area is 203 Å². The first-order valence-electron chi connectivity index (χ1n) is 13.5. The van der Waals surface area contributed by atoms with Crippen LogP contribution in [0.2, 0.25) is 0 Å². The predicted octanol–water partition coefficient (Wildman–Crippen LogP) is 8.58. The van der Waals surface area contributed by atoms with Gasteiger partial charge in [-0.05, 0) is 105 Å². The third kappa shape index (κ3) is 4.08. The standard InChI is InChI=1S/C31H48O2/c1-21-14-17-31(27(32)33-8)19-18-28(3,4)20-25(31)23(21)11-12-24-22(2)10-13-26-29(5,6)15-9-16-30(24,26)7/h12,25-26H,2,9-11,13-20H2,1,3-8H3/b24-12+/t25-,26-,30+,31+/m0/s1. The van der Waals surface area contributed by atoms with E-state index in [0.29, 0.717) is 11.3 Å². The fourth-order valence-corrected chi connectivity index (χ4v) is 8.68. The molecule has 2 nitrogen and oxygen atoms in total. The van der Waals surface area contributed by atoms with Crippen molar-refractivity contribution in [3.63, 3.8) is 0 Å². The average molecular weight is 453 g/mol. The molecule has 0 unspecified atom stereocenters. The Balaban J connectivity index is 1.71. The van der Waals surface area contributed by atoms with Crippen molar-refractivity contribution in [3.05, 3.63) is 34.9 Å². The smallest absolute Gasteiger partial charge is 0.312 e. The molecule has 4 atom stereocenters. The van der Waals surface area contributed by atoms with Gasteiger partial charge in [0.05, 0.1) is 12.5 Å². The zero-order valence-electron chi connectivity index (χ0n) is 22.5. The molecule has 0 spiro atoms. The highest BCUT2D eigenvalue weighted by Crippen LogP contribution is 2.62. The van der Waals surface area contributed by atoms with Gasteiger partial charge in [0.15, 0.2) is 0 Å². The van der Waals surface area contributed by atoms with Gasteiger partial charge in [0.25, 0.3) is 0 Å². The Morgan fingerprint density at radius 2 is 1.79 bits per heavy atom. The lowest BCUT2D eigenvalue weighted by atomic mass is 9.49. The summed E-state index contributed by atoms with van der Waals surface area (Å²) in [5, 5.41) is 0. The summed E-state index contributed by atoms with van der Waals surface area (Å²) < 4.78 is 5.43. The number of ether oxygens (including phenoxy) is 1. The second kappa shape index (κ2) is 8.42. The van der Waals surface area contributed by atoms with Crippen LogP contribution in [0.15, 0.2) is 34.9 Å². The molecular weight excluding hydrogens is 404 g/mol. The maximum atomic E-state index is 13.2. The number of methoxy groups -OCH3 is 1. The lowest BCUT2D eigenvalue weighted by molar-refractivity contribution is -0.161. The summed E-state index contributed by atoms with van der Waals surface area (Å²) in [7, 11) is 1.58. The summed E-state index contributed by atoms with van der Waals surface area (Å²) in [6.07, 6.45) is 15.0. The zero-order valence-corrected chi connectivity index (χ0v) is 22.5. The summed E-state index contributed by atoms with van der Waals surface area (Å²) in [4.78, 5) is 13.2. The van der Waals surface area contributed by atoms with E-state index in [1.165, 1.54) is 48.0 Å². The maximum Gasteiger partial charge on any atom is 0.312 e. The maximum absolute atomic E-state index is 13.2. The largest absolute Gasteiger partial charge is 0.469 e. The molecule has 0 N–H and O–H groups in total. The van der Waals surface area contributed by atoms with Crippen molar-refractivity contribution in [2.45, 2.75) is 112 Å². The molecule has 4 aliphatic rings. The fraction of sp³-hybridized carbons (Fsp3) is 0.774. The highest BCUT2D eigenvalue weighted by molar-refractivity contribution is 5.78. The predicted molar refractivity (Wildman–Crippen MR) is 138 cm³/mol. The van der Waals surface area contributed by atoms with E-state index in [9.17, 15) is 4.79 Å². The monoisotopic (exact) mass is 452 g/mol. The molecule has 2 heteroatoms. The van der Waals surface area contributed by atoms with Gasteiger partial charge in [-0.3, -0.25) is 4.79 Å². The second-order valence-corrected chi connectivity index (χ2v) is 13.7. The molecule has 0 radical (unpaired) electrons. The first-order valence-corrected chi connectivity index (χ1v) is 13.5. The van der Waals surface area contributed by atoms with Gasteiger partial charge in [-0.15, -0.1) is 0 Å². The van der Waals surface area contributed by atoms with E-state index in [1.54, 1.807) is 7.11 Å². The van der Waals surface area contributed by atoms with Crippen molar-refractivity contribution >= 4 is 5.97 Å². The lowest BCUT2D eigenvalue weighted by Gasteiger charge is -2.55. The van der Waals surface area contributed by atoms with E-state index >= 15 is 0 Å². The Bertz CT molecular complexity index is 885. The number of allylic oxidation sites excluding steroid dienone is 5. The van der Waals surface area contributed by atoms with Crippen LogP contribution < -0.4 is 0 Å². The number of carbonyl (C=O) groups excluding carboxylic acids is 1. The molecule has 184 valence electrons. The summed E-state index contributed by atoms with van der Waals surface area (Å²) >= 11 is 0. The van der Waals surface area contributed by atoms with Crippen molar-refractivity contribution in [2.24, 2.45) is 33.5 Å².